The average molecular weight is 122 g/mol. The van der Waals surface area contributed by atoms with Gasteiger partial charge in [-0.05, 0) is 12.1 Å². The van der Waals surface area contributed by atoms with Crippen LogP contribution >= 0.6 is 0 Å². The fourth-order valence-corrected chi connectivity index (χ4v) is 0.555. The lowest BCUT2D eigenvalue weighted by molar-refractivity contribution is 0.991. The molecule has 0 amide bonds. The van der Waals surface area contributed by atoms with Crippen molar-refractivity contribution in [1.82, 2.24) is 9.88 Å². The molecule has 47 valence electrons. The summed E-state index contributed by atoms with van der Waals surface area (Å²) in [6, 6.07) is 3.58. The molecule has 0 aliphatic carbocycles. The minimum absolute atomic E-state index is 0.333. The molecule has 3 nitrogen and oxygen atoms in total. The maximum absolute atomic E-state index is 7.22. The lowest BCUT2D eigenvalue weighted by Crippen LogP contribution is -2.23. The highest BCUT2D eigenvalue weighted by molar-refractivity contribution is 5.78. The lowest BCUT2D eigenvalue weighted by Gasteiger charge is -2.00. The van der Waals surface area contributed by atoms with Gasteiger partial charge in [-0.2, -0.15) is 0 Å². The van der Waals surface area contributed by atoms with E-state index in [-0.39, 0.29) is 0 Å². The van der Waals surface area contributed by atoms with Gasteiger partial charge in [-0.1, -0.05) is 0 Å². The maximum atomic E-state index is 7.22. The highest BCUT2D eigenvalue weighted by Gasteiger charge is 1.90. The highest BCUT2D eigenvalue weighted by atomic mass is 15.2. The van der Waals surface area contributed by atoms with Crippen molar-refractivity contribution in [1.29, 1.82) is 5.41 Å². The number of rotatable bonds is 0. The summed E-state index contributed by atoms with van der Waals surface area (Å²) in [6.07, 6.45) is 4.58. The molecule has 1 aromatic rings. The van der Waals surface area contributed by atoms with Crippen molar-refractivity contribution >= 4 is 5.96 Å². The third kappa shape index (κ3) is 1.10. The molecule has 0 saturated carbocycles. The third-order valence-electron chi connectivity index (χ3n) is 1.02. The van der Waals surface area contributed by atoms with E-state index in [4.69, 9.17) is 5.41 Å². The summed E-state index contributed by atoms with van der Waals surface area (Å²) >= 11 is 0. The van der Waals surface area contributed by atoms with Gasteiger partial charge < -0.3 is 5.32 Å². The van der Waals surface area contributed by atoms with Crippen LogP contribution in [0.4, 0.5) is 0 Å². The molecule has 0 atom stereocenters. The van der Waals surface area contributed by atoms with E-state index in [1.165, 1.54) is 0 Å². The Morgan fingerprint density at radius 1 is 1.78 bits per heavy atom. The summed E-state index contributed by atoms with van der Waals surface area (Å²) < 4.78 is 1.57. The van der Waals surface area contributed by atoms with Gasteiger partial charge in [0.25, 0.3) is 0 Å². The van der Waals surface area contributed by atoms with Crippen molar-refractivity contribution < 1.29 is 0 Å². The molecule has 0 bridgehead atoms. The van der Waals surface area contributed by atoms with Crippen LogP contribution in [0.3, 0.4) is 0 Å². The van der Waals surface area contributed by atoms with Crippen LogP contribution < -0.4 is 5.32 Å². The molecule has 0 unspecified atom stereocenters. The molecule has 0 fully saturated rings. The summed E-state index contributed by atoms with van der Waals surface area (Å²) in [7, 11) is 1.70. The number of aromatic nitrogens is 1. The van der Waals surface area contributed by atoms with E-state index in [0.717, 1.165) is 0 Å². The predicted octanol–water partition coefficient (Wildman–Crippen LogP) is 0.291. The molecule has 0 aliphatic heterocycles. The van der Waals surface area contributed by atoms with E-state index in [1.807, 2.05) is 6.07 Å². The molecule has 0 saturated heterocycles. The zero-order valence-corrected chi connectivity index (χ0v) is 5.18. The Morgan fingerprint density at radius 2 is 2.56 bits per heavy atom. The van der Waals surface area contributed by atoms with E-state index in [0.29, 0.717) is 5.96 Å². The quantitative estimate of drug-likeness (QED) is 0.377. The van der Waals surface area contributed by atoms with Gasteiger partial charge in [0.2, 0.25) is 0 Å². The summed E-state index contributed by atoms with van der Waals surface area (Å²) in [5.41, 5.74) is 0. The van der Waals surface area contributed by atoms with Crippen LogP contribution in [0.5, 0.6) is 0 Å². The fourth-order valence-electron chi connectivity index (χ4n) is 0.555. The molecular formula is C6H8N3. The Hall–Kier alpha value is -1.25. The average Bonchev–Trinajstić information content (AvgIpc) is 2.37. The van der Waals surface area contributed by atoms with Crippen LogP contribution in [0.25, 0.3) is 0 Å². The first-order chi connectivity index (χ1) is 4.34. The van der Waals surface area contributed by atoms with Gasteiger partial charge in [0, 0.05) is 13.2 Å². The van der Waals surface area contributed by atoms with E-state index < -0.39 is 0 Å². The van der Waals surface area contributed by atoms with Crippen LogP contribution in [0.15, 0.2) is 18.3 Å². The number of nitrogens with zero attached hydrogens (tertiary/aromatic N) is 1. The zero-order valence-electron chi connectivity index (χ0n) is 5.18. The first kappa shape index (κ1) is 5.88. The number of hydrogen-bond donors (Lipinski definition) is 2. The molecule has 0 aliphatic rings. The molecule has 0 spiro atoms. The summed E-state index contributed by atoms with van der Waals surface area (Å²) in [5.74, 6) is 0.333. The Labute approximate surface area is 53.8 Å². The van der Waals surface area contributed by atoms with E-state index in [9.17, 15) is 0 Å². The van der Waals surface area contributed by atoms with E-state index in [2.05, 4.69) is 11.5 Å². The second-order valence-corrected chi connectivity index (χ2v) is 1.61. The molecule has 0 aromatic carbocycles. The molecule has 9 heavy (non-hydrogen) atoms. The van der Waals surface area contributed by atoms with Gasteiger partial charge in [-0.3, -0.25) is 9.98 Å². The third-order valence-corrected chi connectivity index (χ3v) is 1.02. The molecule has 1 radical (unpaired) electrons. The number of hydrogen-bond acceptors (Lipinski definition) is 1. The van der Waals surface area contributed by atoms with Crippen LogP contribution in [0, 0.1) is 11.6 Å². The van der Waals surface area contributed by atoms with Crippen LogP contribution in [-0.2, 0) is 0 Å². The van der Waals surface area contributed by atoms with Crippen molar-refractivity contribution in [3.8, 4) is 0 Å². The second kappa shape index (κ2) is 2.35. The van der Waals surface area contributed by atoms with Crippen LogP contribution in [-0.4, -0.2) is 17.6 Å². The second-order valence-electron chi connectivity index (χ2n) is 1.61. The van der Waals surface area contributed by atoms with Gasteiger partial charge in [0.1, 0.15) is 0 Å². The zero-order chi connectivity index (χ0) is 6.69. The lowest BCUT2D eigenvalue weighted by atomic mass is 10.7. The summed E-state index contributed by atoms with van der Waals surface area (Å²) in [6.45, 7) is 0. The number of nitrogens with one attached hydrogen (secondary N) is 2. The van der Waals surface area contributed by atoms with Crippen molar-refractivity contribution in [3.63, 3.8) is 0 Å². The Balaban J connectivity index is 2.77. The monoisotopic (exact) mass is 122 g/mol. The van der Waals surface area contributed by atoms with Gasteiger partial charge in [-0.15, -0.1) is 0 Å². The Morgan fingerprint density at radius 3 is 3.00 bits per heavy atom. The Kier molecular flexibility index (Phi) is 1.53. The maximum Gasteiger partial charge on any atom is 0.199 e. The molecular weight excluding hydrogens is 114 g/mol. The summed E-state index contributed by atoms with van der Waals surface area (Å²) in [5, 5.41) is 9.90. The van der Waals surface area contributed by atoms with E-state index in [1.54, 1.807) is 23.9 Å². The standard InChI is InChI=1S/C6H8N3/c1-8-6(7)9-4-2-3-5-9/h2-4H,1H3,(H2,7,8). The molecule has 1 rings (SSSR count). The first-order valence-electron chi connectivity index (χ1n) is 2.66. The molecule has 1 heterocycles. The van der Waals surface area contributed by atoms with Crippen molar-refractivity contribution in [2.24, 2.45) is 0 Å². The predicted molar refractivity (Wildman–Crippen MR) is 35.5 cm³/mol. The van der Waals surface area contributed by atoms with E-state index >= 15 is 0 Å². The normalized spacial score (nSPS) is 9.00. The van der Waals surface area contributed by atoms with Crippen LogP contribution in [0.1, 0.15) is 0 Å². The Bertz CT molecular complexity index is 188. The smallest absolute Gasteiger partial charge is 0.199 e. The first-order valence-corrected chi connectivity index (χ1v) is 2.66. The van der Waals surface area contributed by atoms with Gasteiger partial charge in [0.05, 0.1) is 6.20 Å². The summed E-state index contributed by atoms with van der Waals surface area (Å²) in [4.78, 5) is 0. The van der Waals surface area contributed by atoms with Crippen molar-refractivity contribution in [3.05, 3.63) is 24.5 Å². The van der Waals surface area contributed by atoms with Gasteiger partial charge in [0.15, 0.2) is 5.96 Å². The largest absolute Gasteiger partial charge is 0.359 e. The fraction of sp³-hybridized carbons (Fsp3) is 0.167. The van der Waals surface area contributed by atoms with Crippen molar-refractivity contribution in [2.45, 2.75) is 0 Å². The SMILES string of the molecule is CNC(=N)n1[c]ccc1. The molecule has 2 N–H and O–H groups in total. The van der Waals surface area contributed by atoms with Gasteiger partial charge >= 0.3 is 0 Å². The topological polar surface area (TPSA) is 40.8 Å². The van der Waals surface area contributed by atoms with Crippen LogP contribution in [0.2, 0.25) is 0 Å². The molecule has 3 heteroatoms. The minimum Gasteiger partial charge on any atom is -0.359 e. The van der Waals surface area contributed by atoms with Crippen molar-refractivity contribution in [2.75, 3.05) is 7.05 Å². The highest BCUT2D eigenvalue weighted by Crippen LogP contribution is 1.84. The minimum atomic E-state index is 0.333. The van der Waals surface area contributed by atoms with Gasteiger partial charge in [-0.25, -0.2) is 0 Å². The molecule has 1 aromatic heterocycles.